The van der Waals surface area contributed by atoms with Crippen LogP contribution >= 0.6 is 23.2 Å². The summed E-state index contributed by atoms with van der Waals surface area (Å²) in [4.78, 5) is 17.6. The standard InChI is InChI=1S/C27H27Cl2FN2O/c1-16(26(33)32-27(11-12-27)23-8-6-19(28)14-24(23)29)17-2-4-18(5-3-17)21-10-13-31-25-9-7-20(30)15-22(21)25/h6-10,13-18H,2-5,11-12H2,1H3,(H,32,33). The monoisotopic (exact) mass is 484 g/mol. The summed E-state index contributed by atoms with van der Waals surface area (Å²) in [7, 11) is 0. The van der Waals surface area contributed by atoms with E-state index in [-0.39, 0.29) is 23.2 Å². The van der Waals surface area contributed by atoms with Crippen LogP contribution in [-0.2, 0) is 10.3 Å². The first kappa shape index (κ1) is 22.6. The van der Waals surface area contributed by atoms with E-state index in [1.807, 2.05) is 31.3 Å². The average Bonchev–Trinajstić information content (AvgIpc) is 3.58. The first-order valence-electron chi connectivity index (χ1n) is 11.7. The largest absolute Gasteiger partial charge is 0.346 e. The molecule has 2 fully saturated rings. The van der Waals surface area contributed by atoms with Gasteiger partial charge in [-0.3, -0.25) is 9.78 Å². The zero-order valence-electron chi connectivity index (χ0n) is 18.6. The number of pyridine rings is 1. The second-order valence-corrected chi connectivity index (χ2v) is 10.5. The van der Waals surface area contributed by atoms with Crippen molar-refractivity contribution in [1.29, 1.82) is 0 Å². The number of carbonyl (C=O) groups is 1. The van der Waals surface area contributed by atoms with Crippen LogP contribution in [0.5, 0.6) is 0 Å². The molecular weight excluding hydrogens is 458 g/mol. The van der Waals surface area contributed by atoms with Crippen molar-refractivity contribution in [3.05, 3.63) is 75.7 Å². The van der Waals surface area contributed by atoms with Gasteiger partial charge >= 0.3 is 0 Å². The van der Waals surface area contributed by atoms with E-state index in [2.05, 4.69) is 10.3 Å². The van der Waals surface area contributed by atoms with E-state index in [1.165, 1.54) is 11.6 Å². The molecule has 1 atom stereocenters. The minimum absolute atomic E-state index is 0.0684. The molecule has 0 spiro atoms. The Morgan fingerprint density at radius 1 is 1.09 bits per heavy atom. The van der Waals surface area contributed by atoms with Crippen molar-refractivity contribution >= 4 is 40.0 Å². The molecule has 5 rings (SSSR count). The molecule has 172 valence electrons. The smallest absolute Gasteiger partial charge is 0.223 e. The highest BCUT2D eigenvalue weighted by atomic mass is 35.5. The van der Waals surface area contributed by atoms with Gasteiger partial charge in [0.15, 0.2) is 0 Å². The minimum Gasteiger partial charge on any atom is -0.346 e. The molecule has 1 aromatic heterocycles. The van der Waals surface area contributed by atoms with Crippen LogP contribution in [0.25, 0.3) is 10.9 Å². The number of halogens is 3. The van der Waals surface area contributed by atoms with Crippen LogP contribution in [0.15, 0.2) is 48.7 Å². The molecule has 1 amide bonds. The van der Waals surface area contributed by atoms with Gasteiger partial charge in [-0.05, 0) is 97.9 Å². The molecular formula is C27H27Cl2FN2O. The van der Waals surface area contributed by atoms with Crippen LogP contribution in [0.4, 0.5) is 4.39 Å². The van der Waals surface area contributed by atoms with Crippen molar-refractivity contribution in [2.45, 2.75) is 56.9 Å². The van der Waals surface area contributed by atoms with Crippen molar-refractivity contribution in [2.75, 3.05) is 0 Å². The highest BCUT2D eigenvalue weighted by Crippen LogP contribution is 2.49. The maximum Gasteiger partial charge on any atom is 0.223 e. The van der Waals surface area contributed by atoms with E-state index in [9.17, 15) is 9.18 Å². The second-order valence-electron chi connectivity index (χ2n) is 9.66. The molecule has 1 heterocycles. The molecule has 33 heavy (non-hydrogen) atoms. The van der Waals surface area contributed by atoms with E-state index in [4.69, 9.17) is 23.2 Å². The first-order chi connectivity index (χ1) is 15.9. The van der Waals surface area contributed by atoms with Crippen molar-refractivity contribution in [3.63, 3.8) is 0 Å². The number of carbonyl (C=O) groups excluding carboxylic acids is 1. The van der Waals surface area contributed by atoms with E-state index in [0.717, 1.165) is 55.0 Å². The lowest BCUT2D eigenvalue weighted by Crippen LogP contribution is -2.41. The Morgan fingerprint density at radius 3 is 2.55 bits per heavy atom. The number of aromatic nitrogens is 1. The zero-order valence-corrected chi connectivity index (χ0v) is 20.1. The lowest BCUT2D eigenvalue weighted by molar-refractivity contribution is -0.127. The van der Waals surface area contributed by atoms with Gasteiger partial charge in [0.05, 0.1) is 11.1 Å². The summed E-state index contributed by atoms with van der Waals surface area (Å²) >= 11 is 12.5. The van der Waals surface area contributed by atoms with Gasteiger partial charge in [0, 0.05) is 27.5 Å². The molecule has 0 saturated heterocycles. The predicted molar refractivity (Wildman–Crippen MR) is 131 cm³/mol. The maximum absolute atomic E-state index is 13.9. The summed E-state index contributed by atoms with van der Waals surface area (Å²) in [5, 5.41) is 5.41. The van der Waals surface area contributed by atoms with Crippen LogP contribution in [-0.4, -0.2) is 10.9 Å². The Kier molecular flexibility index (Phi) is 6.09. The van der Waals surface area contributed by atoms with Crippen LogP contribution in [0.2, 0.25) is 10.0 Å². The lowest BCUT2D eigenvalue weighted by atomic mass is 9.73. The Hall–Kier alpha value is -2.17. The molecule has 0 aliphatic heterocycles. The number of nitrogens with zero attached hydrogens (tertiary/aromatic N) is 1. The summed E-state index contributed by atoms with van der Waals surface area (Å²) in [5.74, 6) is 0.499. The number of rotatable bonds is 5. The Balaban J connectivity index is 1.24. The average molecular weight is 485 g/mol. The summed E-state index contributed by atoms with van der Waals surface area (Å²) in [5.41, 5.74) is 2.60. The van der Waals surface area contributed by atoms with E-state index in [0.29, 0.717) is 21.9 Å². The molecule has 6 heteroatoms. The summed E-state index contributed by atoms with van der Waals surface area (Å²) in [6, 6.07) is 12.3. The molecule has 1 N–H and O–H groups in total. The maximum atomic E-state index is 13.9. The van der Waals surface area contributed by atoms with E-state index < -0.39 is 0 Å². The van der Waals surface area contributed by atoms with Gasteiger partial charge in [-0.2, -0.15) is 0 Å². The quantitative estimate of drug-likeness (QED) is 0.409. The molecule has 0 radical (unpaired) electrons. The summed E-state index contributed by atoms with van der Waals surface area (Å²) in [6.07, 6.45) is 7.55. The molecule has 3 nitrogen and oxygen atoms in total. The van der Waals surface area contributed by atoms with Crippen LogP contribution < -0.4 is 5.32 Å². The van der Waals surface area contributed by atoms with Gasteiger partial charge in [0.25, 0.3) is 0 Å². The molecule has 2 aliphatic carbocycles. The highest BCUT2D eigenvalue weighted by Gasteiger charge is 2.48. The zero-order chi connectivity index (χ0) is 23.2. The molecule has 2 aliphatic rings. The topological polar surface area (TPSA) is 42.0 Å². The van der Waals surface area contributed by atoms with Crippen LogP contribution in [0.1, 0.15) is 62.5 Å². The number of fused-ring (bicyclic) bond motifs is 1. The Bertz CT molecular complexity index is 1200. The summed E-state index contributed by atoms with van der Waals surface area (Å²) < 4.78 is 13.9. The number of hydrogen-bond acceptors (Lipinski definition) is 2. The molecule has 2 aromatic carbocycles. The highest BCUT2D eigenvalue weighted by molar-refractivity contribution is 6.35. The van der Waals surface area contributed by atoms with Crippen molar-refractivity contribution < 1.29 is 9.18 Å². The molecule has 3 aromatic rings. The van der Waals surface area contributed by atoms with Crippen molar-refractivity contribution in [2.24, 2.45) is 11.8 Å². The third-order valence-electron chi connectivity index (χ3n) is 7.63. The lowest BCUT2D eigenvalue weighted by Gasteiger charge is -2.33. The van der Waals surface area contributed by atoms with Gasteiger partial charge in [-0.1, -0.05) is 36.2 Å². The second kappa shape index (κ2) is 8.88. The van der Waals surface area contributed by atoms with Crippen LogP contribution in [0.3, 0.4) is 0 Å². The molecule has 2 saturated carbocycles. The number of benzene rings is 2. The number of hydrogen-bond donors (Lipinski definition) is 1. The van der Waals surface area contributed by atoms with E-state index in [1.54, 1.807) is 18.2 Å². The number of nitrogens with one attached hydrogen (secondary N) is 1. The minimum atomic E-state index is -0.357. The van der Waals surface area contributed by atoms with E-state index >= 15 is 0 Å². The summed E-state index contributed by atoms with van der Waals surface area (Å²) in [6.45, 7) is 2.04. The van der Waals surface area contributed by atoms with Gasteiger partial charge < -0.3 is 5.32 Å². The molecule has 1 unspecified atom stereocenters. The fourth-order valence-corrected chi connectivity index (χ4v) is 6.04. The number of amides is 1. The Morgan fingerprint density at radius 2 is 1.85 bits per heavy atom. The Labute approximate surface area is 203 Å². The van der Waals surface area contributed by atoms with Gasteiger partial charge in [0.1, 0.15) is 5.82 Å². The van der Waals surface area contributed by atoms with Gasteiger partial charge in [0.2, 0.25) is 5.91 Å². The van der Waals surface area contributed by atoms with Crippen molar-refractivity contribution in [1.82, 2.24) is 10.3 Å². The third kappa shape index (κ3) is 4.48. The predicted octanol–water partition coefficient (Wildman–Crippen LogP) is 7.40. The van der Waals surface area contributed by atoms with Gasteiger partial charge in [-0.25, -0.2) is 4.39 Å². The molecule has 0 bridgehead atoms. The van der Waals surface area contributed by atoms with Gasteiger partial charge in [-0.15, -0.1) is 0 Å². The van der Waals surface area contributed by atoms with Crippen LogP contribution in [0, 0.1) is 17.7 Å². The first-order valence-corrected chi connectivity index (χ1v) is 12.4. The normalized spacial score (nSPS) is 22.7. The fourth-order valence-electron chi connectivity index (χ4n) is 5.45. The van der Waals surface area contributed by atoms with Crippen molar-refractivity contribution in [3.8, 4) is 0 Å². The SMILES string of the molecule is CC(C(=O)NC1(c2ccc(Cl)cc2Cl)CC1)C1CCC(c2ccnc3ccc(F)cc23)CC1. The fraction of sp³-hybridized carbons (Fsp3) is 0.407. The third-order valence-corrected chi connectivity index (χ3v) is 8.18.